The Bertz CT molecular complexity index is 124. The largest absolute Gasteiger partial charge is 0.330 e. The molecule has 0 rings (SSSR count). The fourth-order valence-electron chi connectivity index (χ4n) is 1.54. The van der Waals surface area contributed by atoms with Crippen molar-refractivity contribution < 1.29 is 0 Å². The molecule has 0 radical (unpaired) electrons. The normalized spacial score (nSPS) is 13.4. The topological polar surface area (TPSA) is 38.0 Å². The van der Waals surface area contributed by atoms with Gasteiger partial charge >= 0.3 is 0 Å². The van der Waals surface area contributed by atoms with E-state index < -0.39 is 0 Å². The summed E-state index contributed by atoms with van der Waals surface area (Å²) < 4.78 is 0. The predicted molar refractivity (Wildman–Crippen MR) is 69.1 cm³/mol. The van der Waals surface area contributed by atoms with Gasteiger partial charge in [0, 0.05) is 6.04 Å². The van der Waals surface area contributed by atoms with E-state index >= 15 is 0 Å². The van der Waals surface area contributed by atoms with Gasteiger partial charge in [0.05, 0.1) is 0 Å². The molecule has 1 unspecified atom stereocenters. The second kappa shape index (κ2) is 10.4. The Morgan fingerprint density at radius 2 is 1.40 bits per heavy atom. The Morgan fingerprint density at radius 3 is 1.93 bits per heavy atom. The summed E-state index contributed by atoms with van der Waals surface area (Å²) in [6.45, 7) is 8.84. The Kier molecular flexibility index (Phi) is 10.4. The Labute approximate surface area is 96.0 Å². The second-order valence-corrected chi connectivity index (χ2v) is 4.90. The van der Waals surface area contributed by atoms with E-state index in [9.17, 15) is 0 Å². The molecule has 0 bridgehead atoms. The number of rotatable bonds is 10. The maximum Gasteiger partial charge on any atom is 0.00617 e. The van der Waals surface area contributed by atoms with E-state index in [-0.39, 0.29) is 0 Å². The zero-order valence-corrected chi connectivity index (χ0v) is 10.9. The van der Waals surface area contributed by atoms with Gasteiger partial charge < -0.3 is 11.1 Å². The molecule has 0 aliphatic rings. The van der Waals surface area contributed by atoms with Gasteiger partial charge in [0.25, 0.3) is 0 Å². The van der Waals surface area contributed by atoms with Gasteiger partial charge in [-0.1, -0.05) is 39.5 Å². The van der Waals surface area contributed by atoms with Crippen LogP contribution in [0.5, 0.6) is 0 Å². The first kappa shape index (κ1) is 14.9. The minimum Gasteiger partial charge on any atom is -0.330 e. The molecule has 0 amide bonds. The van der Waals surface area contributed by atoms with Crippen molar-refractivity contribution >= 4 is 0 Å². The zero-order valence-electron chi connectivity index (χ0n) is 10.9. The van der Waals surface area contributed by atoms with Crippen LogP contribution in [0.15, 0.2) is 0 Å². The van der Waals surface area contributed by atoms with Crippen LogP contribution in [0.4, 0.5) is 0 Å². The average Bonchev–Trinajstić information content (AvgIpc) is 2.21. The summed E-state index contributed by atoms with van der Waals surface area (Å²) in [6, 6.07) is 0.655. The van der Waals surface area contributed by atoms with Crippen molar-refractivity contribution in [3.8, 4) is 0 Å². The molecule has 0 aromatic heterocycles. The number of unbranched alkanes of at least 4 members (excludes halogenated alkanes) is 5. The molecule has 0 aliphatic heterocycles. The first-order valence-electron chi connectivity index (χ1n) is 6.62. The lowest BCUT2D eigenvalue weighted by Crippen LogP contribution is -2.31. The van der Waals surface area contributed by atoms with Crippen molar-refractivity contribution in [1.29, 1.82) is 0 Å². The Hall–Kier alpha value is -0.0800. The maximum absolute atomic E-state index is 5.44. The number of hydrogen-bond donors (Lipinski definition) is 2. The van der Waals surface area contributed by atoms with Crippen LogP contribution in [0.2, 0.25) is 0 Å². The molecule has 0 aromatic carbocycles. The fourth-order valence-corrected chi connectivity index (χ4v) is 1.54. The molecule has 0 aliphatic carbocycles. The fraction of sp³-hybridized carbons (Fsp3) is 1.00. The van der Waals surface area contributed by atoms with E-state index in [0.717, 1.165) is 12.5 Å². The van der Waals surface area contributed by atoms with E-state index in [1.165, 1.54) is 45.1 Å². The van der Waals surface area contributed by atoms with Crippen LogP contribution in [0.25, 0.3) is 0 Å². The summed E-state index contributed by atoms with van der Waals surface area (Å²) in [5, 5.41) is 3.56. The molecule has 2 heteroatoms. The first-order chi connectivity index (χ1) is 7.18. The van der Waals surface area contributed by atoms with Gasteiger partial charge in [0.1, 0.15) is 0 Å². The SMILES string of the molecule is CC(C)C(C)NCCCCCCCCN. The molecule has 15 heavy (non-hydrogen) atoms. The second-order valence-electron chi connectivity index (χ2n) is 4.90. The summed E-state index contributed by atoms with van der Waals surface area (Å²) in [6.07, 6.45) is 7.92. The molecule has 0 aromatic rings. The van der Waals surface area contributed by atoms with Crippen molar-refractivity contribution in [1.82, 2.24) is 5.32 Å². The number of nitrogens with one attached hydrogen (secondary N) is 1. The molecule has 2 nitrogen and oxygen atoms in total. The van der Waals surface area contributed by atoms with Crippen molar-refractivity contribution in [2.75, 3.05) is 13.1 Å². The van der Waals surface area contributed by atoms with Gasteiger partial charge in [-0.05, 0) is 38.8 Å². The summed E-state index contributed by atoms with van der Waals surface area (Å²) in [5.41, 5.74) is 5.44. The predicted octanol–water partition coefficient (Wildman–Crippen LogP) is 2.92. The third-order valence-corrected chi connectivity index (χ3v) is 3.10. The Balaban J connectivity index is 3.05. The van der Waals surface area contributed by atoms with Crippen LogP contribution in [-0.4, -0.2) is 19.1 Å². The van der Waals surface area contributed by atoms with Gasteiger partial charge in [-0.2, -0.15) is 0 Å². The molecule has 0 saturated carbocycles. The lowest BCUT2D eigenvalue weighted by Gasteiger charge is -2.17. The molecule has 3 N–H and O–H groups in total. The van der Waals surface area contributed by atoms with E-state index in [4.69, 9.17) is 5.73 Å². The lowest BCUT2D eigenvalue weighted by atomic mass is 10.1. The maximum atomic E-state index is 5.44. The van der Waals surface area contributed by atoms with Crippen LogP contribution in [0.3, 0.4) is 0 Å². The summed E-state index contributed by atoms with van der Waals surface area (Å²) in [7, 11) is 0. The van der Waals surface area contributed by atoms with Gasteiger partial charge in [-0.15, -0.1) is 0 Å². The summed E-state index contributed by atoms with van der Waals surface area (Å²) in [4.78, 5) is 0. The third kappa shape index (κ3) is 10.2. The highest BCUT2D eigenvalue weighted by Crippen LogP contribution is 2.05. The van der Waals surface area contributed by atoms with Crippen molar-refractivity contribution in [2.45, 2.75) is 65.3 Å². The molecule has 0 saturated heterocycles. The monoisotopic (exact) mass is 214 g/mol. The molecule has 92 valence electrons. The molecule has 0 spiro atoms. The van der Waals surface area contributed by atoms with E-state index in [1.54, 1.807) is 0 Å². The highest BCUT2D eigenvalue weighted by molar-refractivity contribution is 4.63. The van der Waals surface area contributed by atoms with E-state index in [2.05, 4.69) is 26.1 Å². The van der Waals surface area contributed by atoms with Crippen molar-refractivity contribution in [3.63, 3.8) is 0 Å². The summed E-state index contributed by atoms with van der Waals surface area (Å²) in [5.74, 6) is 0.745. The van der Waals surface area contributed by atoms with Crippen LogP contribution >= 0.6 is 0 Å². The van der Waals surface area contributed by atoms with Gasteiger partial charge in [-0.3, -0.25) is 0 Å². The molecule has 0 fully saturated rings. The van der Waals surface area contributed by atoms with Gasteiger partial charge in [0.15, 0.2) is 0 Å². The summed E-state index contributed by atoms with van der Waals surface area (Å²) >= 11 is 0. The smallest absolute Gasteiger partial charge is 0.00617 e. The van der Waals surface area contributed by atoms with Gasteiger partial charge in [0.2, 0.25) is 0 Å². The lowest BCUT2D eigenvalue weighted by molar-refractivity contribution is 0.419. The molecular weight excluding hydrogens is 184 g/mol. The van der Waals surface area contributed by atoms with Crippen LogP contribution in [0.1, 0.15) is 59.3 Å². The first-order valence-corrected chi connectivity index (χ1v) is 6.62. The molecular formula is C13H30N2. The number of nitrogens with two attached hydrogens (primary N) is 1. The van der Waals surface area contributed by atoms with E-state index in [0.29, 0.717) is 6.04 Å². The molecule has 1 atom stereocenters. The van der Waals surface area contributed by atoms with Crippen molar-refractivity contribution in [3.05, 3.63) is 0 Å². The molecule has 0 heterocycles. The third-order valence-electron chi connectivity index (χ3n) is 3.10. The average molecular weight is 214 g/mol. The quantitative estimate of drug-likeness (QED) is 0.549. The van der Waals surface area contributed by atoms with Crippen LogP contribution < -0.4 is 11.1 Å². The standard InChI is InChI=1S/C13H30N2/c1-12(2)13(3)15-11-9-7-5-4-6-8-10-14/h12-13,15H,4-11,14H2,1-3H3. The van der Waals surface area contributed by atoms with Crippen LogP contribution in [0, 0.1) is 5.92 Å². The minimum atomic E-state index is 0.655. The zero-order chi connectivity index (χ0) is 11.5. The Morgan fingerprint density at radius 1 is 0.867 bits per heavy atom. The van der Waals surface area contributed by atoms with Crippen molar-refractivity contribution in [2.24, 2.45) is 11.7 Å². The van der Waals surface area contributed by atoms with E-state index in [1.807, 2.05) is 0 Å². The van der Waals surface area contributed by atoms with Gasteiger partial charge in [-0.25, -0.2) is 0 Å². The minimum absolute atomic E-state index is 0.655. The van der Waals surface area contributed by atoms with Crippen LogP contribution in [-0.2, 0) is 0 Å². The highest BCUT2D eigenvalue weighted by Gasteiger charge is 2.04. The number of hydrogen-bond acceptors (Lipinski definition) is 2. The highest BCUT2D eigenvalue weighted by atomic mass is 14.9.